The molecule has 0 fully saturated rings. The van der Waals surface area contributed by atoms with Crippen LogP contribution in [-0.4, -0.2) is 35.6 Å². The van der Waals surface area contributed by atoms with Crippen molar-refractivity contribution >= 4 is 12.1 Å². The molecule has 27 heavy (non-hydrogen) atoms. The van der Waals surface area contributed by atoms with E-state index in [2.05, 4.69) is 15.6 Å². The molecule has 0 saturated carbocycles. The molecule has 3 rings (SSSR count). The van der Waals surface area contributed by atoms with E-state index in [0.717, 1.165) is 16.9 Å². The monoisotopic (exact) mass is 364 g/mol. The van der Waals surface area contributed by atoms with Crippen LogP contribution in [0.25, 0.3) is 0 Å². The van der Waals surface area contributed by atoms with Gasteiger partial charge in [-0.05, 0) is 29.8 Å². The number of aromatic nitrogens is 2. The molecule has 0 saturated heterocycles. The number of amides is 1. The maximum atomic E-state index is 11.8. The smallest absolute Gasteiger partial charge is 0.277 e. The number of carbonyl (C=O) groups excluding carboxylic acids is 1. The minimum Gasteiger partial charge on any atom is -0.497 e. The number of nitrogens with one attached hydrogen (secondary N) is 1. The number of hydrogen-bond acceptors (Lipinski definition) is 5. The zero-order valence-corrected chi connectivity index (χ0v) is 14.9. The van der Waals surface area contributed by atoms with Crippen molar-refractivity contribution < 1.29 is 14.3 Å². The average molecular weight is 364 g/mol. The minimum absolute atomic E-state index is 0.128. The Kier molecular flexibility index (Phi) is 6.19. The van der Waals surface area contributed by atoms with Gasteiger partial charge in [0.2, 0.25) is 0 Å². The Bertz CT molecular complexity index is 889. The molecule has 1 N–H and O–H groups in total. The van der Waals surface area contributed by atoms with Gasteiger partial charge in [0.15, 0.2) is 6.61 Å². The van der Waals surface area contributed by atoms with Crippen LogP contribution in [0.15, 0.2) is 72.1 Å². The predicted molar refractivity (Wildman–Crippen MR) is 102 cm³/mol. The highest BCUT2D eigenvalue weighted by Crippen LogP contribution is 2.16. The summed E-state index contributed by atoms with van der Waals surface area (Å²) in [6.45, 7) is 0.549. The third-order valence-electron chi connectivity index (χ3n) is 3.67. The number of carbonyl (C=O) groups is 1. The predicted octanol–water partition coefficient (Wildman–Crippen LogP) is 2.47. The second kappa shape index (κ2) is 9.19. The zero-order valence-electron chi connectivity index (χ0n) is 14.9. The van der Waals surface area contributed by atoms with Crippen molar-refractivity contribution in [2.24, 2.45) is 5.10 Å². The lowest BCUT2D eigenvalue weighted by atomic mass is 10.2. The summed E-state index contributed by atoms with van der Waals surface area (Å²) >= 11 is 0. The first-order valence-electron chi connectivity index (χ1n) is 8.38. The number of rotatable bonds is 8. The largest absolute Gasteiger partial charge is 0.497 e. The van der Waals surface area contributed by atoms with E-state index < -0.39 is 0 Å². The summed E-state index contributed by atoms with van der Waals surface area (Å²) in [7, 11) is 1.59. The van der Waals surface area contributed by atoms with Gasteiger partial charge in [-0.3, -0.25) is 9.48 Å². The fourth-order valence-corrected chi connectivity index (χ4v) is 2.34. The maximum Gasteiger partial charge on any atom is 0.277 e. The van der Waals surface area contributed by atoms with Gasteiger partial charge in [0, 0.05) is 11.8 Å². The summed E-state index contributed by atoms with van der Waals surface area (Å²) in [5, 5.41) is 8.20. The third kappa shape index (κ3) is 5.71. The molecule has 2 aromatic carbocycles. The summed E-state index contributed by atoms with van der Waals surface area (Å²) in [5.41, 5.74) is 4.38. The lowest BCUT2D eigenvalue weighted by Crippen LogP contribution is -2.24. The summed E-state index contributed by atoms with van der Waals surface area (Å²) in [6.07, 6.45) is 5.09. The van der Waals surface area contributed by atoms with E-state index in [0.29, 0.717) is 12.3 Å². The number of benzene rings is 2. The molecule has 0 atom stereocenters. The maximum absolute atomic E-state index is 11.8. The molecule has 0 bridgehead atoms. The first kappa shape index (κ1) is 18.2. The van der Waals surface area contributed by atoms with Crippen LogP contribution in [0, 0.1) is 0 Å². The Morgan fingerprint density at radius 1 is 1.15 bits per heavy atom. The van der Waals surface area contributed by atoms with E-state index in [9.17, 15) is 4.79 Å². The van der Waals surface area contributed by atoms with Crippen molar-refractivity contribution in [3.05, 3.63) is 78.1 Å². The van der Waals surface area contributed by atoms with E-state index >= 15 is 0 Å². The molecule has 138 valence electrons. The highest BCUT2D eigenvalue weighted by Gasteiger charge is 2.02. The molecule has 0 aliphatic heterocycles. The molecule has 0 spiro atoms. The van der Waals surface area contributed by atoms with Gasteiger partial charge in [-0.25, -0.2) is 5.43 Å². The second-order valence-corrected chi connectivity index (χ2v) is 5.71. The van der Waals surface area contributed by atoms with Gasteiger partial charge in [0.1, 0.15) is 11.5 Å². The fraction of sp³-hybridized carbons (Fsp3) is 0.150. The standard InChI is InChI=1S/C20H20N4O3/c1-26-18-7-9-19(10-8-18)27-15-20(25)23-21-11-17-12-22-24(14-17)13-16-5-3-2-4-6-16/h2-12,14H,13,15H2,1H3,(H,23,25)/b21-11-. The summed E-state index contributed by atoms with van der Waals surface area (Å²) < 4.78 is 12.3. The molecule has 0 aliphatic rings. The molecule has 1 heterocycles. The quantitative estimate of drug-likeness (QED) is 0.492. The van der Waals surface area contributed by atoms with Crippen LogP contribution in [0.3, 0.4) is 0 Å². The van der Waals surface area contributed by atoms with Gasteiger partial charge < -0.3 is 9.47 Å². The molecule has 3 aromatic rings. The Morgan fingerprint density at radius 2 is 1.89 bits per heavy atom. The van der Waals surface area contributed by atoms with Gasteiger partial charge in [0.05, 0.1) is 26.1 Å². The lowest BCUT2D eigenvalue weighted by Gasteiger charge is -2.05. The molecule has 1 amide bonds. The number of hydrazone groups is 1. The van der Waals surface area contributed by atoms with Crippen molar-refractivity contribution in [2.75, 3.05) is 13.7 Å². The summed E-state index contributed by atoms with van der Waals surface area (Å²) in [4.78, 5) is 11.8. The van der Waals surface area contributed by atoms with Crippen molar-refractivity contribution in [3.63, 3.8) is 0 Å². The average Bonchev–Trinajstić information content (AvgIpc) is 3.14. The van der Waals surface area contributed by atoms with Crippen molar-refractivity contribution in [2.45, 2.75) is 6.54 Å². The van der Waals surface area contributed by atoms with E-state index in [1.807, 2.05) is 41.2 Å². The Balaban J connectivity index is 1.43. The van der Waals surface area contributed by atoms with Gasteiger partial charge >= 0.3 is 0 Å². The Hall–Kier alpha value is -3.61. The SMILES string of the molecule is COc1ccc(OCC(=O)N/N=C\c2cnn(Cc3ccccc3)c2)cc1. The van der Waals surface area contributed by atoms with E-state index in [1.54, 1.807) is 43.8 Å². The molecule has 0 aliphatic carbocycles. The number of nitrogens with zero attached hydrogens (tertiary/aromatic N) is 3. The van der Waals surface area contributed by atoms with Gasteiger partial charge in [-0.1, -0.05) is 30.3 Å². The minimum atomic E-state index is -0.348. The molecular weight excluding hydrogens is 344 g/mol. The fourth-order valence-electron chi connectivity index (χ4n) is 2.34. The highest BCUT2D eigenvalue weighted by molar-refractivity contribution is 5.82. The molecule has 1 aromatic heterocycles. The van der Waals surface area contributed by atoms with Gasteiger partial charge in [0.25, 0.3) is 5.91 Å². The van der Waals surface area contributed by atoms with E-state index in [-0.39, 0.29) is 12.5 Å². The topological polar surface area (TPSA) is 77.7 Å². The van der Waals surface area contributed by atoms with Crippen LogP contribution in [0.4, 0.5) is 0 Å². The van der Waals surface area contributed by atoms with Crippen LogP contribution in [0.1, 0.15) is 11.1 Å². The second-order valence-electron chi connectivity index (χ2n) is 5.71. The third-order valence-corrected chi connectivity index (χ3v) is 3.67. The molecule has 7 nitrogen and oxygen atoms in total. The Morgan fingerprint density at radius 3 is 2.63 bits per heavy atom. The van der Waals surface area contributed by atoms with E-state index in [1.165, 1.54) is 0 Å². The first-order valence-corrected chi connectivity index (χ1v) is 8.38. The van der Waals surface area contributed by atoms with Gasteiger partial charge in [-0.15, -0.1) is 0 Å². The first-order chi connectivity index (χ1) is 13.2. The zero-order chi connectivity index (χ0) is 18.9. The molecule has 0 unspecified atom stereocenters. The highest BCUT2D eigenvalue weighted by atomic mass is 16.5. The van der Waals surface area contributed by atoms with Crippen molar-refractivity contribution in [1.82, 2.24) is 15.2 Å². The molecule has 7 heteroatoms. The van der Waals surface area contributed by atoms with Crippen LogP contribution < -0.4 is 14.9 Å². The summed E-state index contributed by atoms with van der Waals surface area (Å²) in [6, 6.07) is 17.0. The Labute approximate surface area is 157 Å². The normalized spacial score (nSPS) is 10.7. The summed E-state index contributed by atoms with van der Waals surface area (Å²) in [5.74, 6) is 0.958. The number of methoxy groups -OCH3 is 1. The van der Waals surface area contributed by atoms with Crippen LogP contribution in [0.2, 0.25) is 0 Å². The van der Waals surface area contributed by atoms with E-state index in [4.69, 9.17) is 9.47 Å². The van der Waals surface area contributed by atoms with Crippen LogP contribution in [0.5, 0.6) is 11.5 Å². The van der Waals surface area contributed by atoms with Crippen LogP contribution in [-0.2, 0) is 11.3 Å². The van der Waals surface area contributed by atoms with Gasteiger partial charge in [-0.2, -0.15) is 10.2 Å². The lowest BCUT2D eigenvalue weighted by molar-refractivity contribution is -0.123. The van der Waals surface area contributed by atoms with Crippen molar-refractivity contribution in [3.8, 4) is 11.5 Å². The number of ether oxygens (including phenoxy) is 2. The van der Waals surface area contributed by atoms with Crippen molar-refractivity contribution in [1.29, 1.82) is 0 Å². The molecule has 0 radical (unpaired) electrons. The van der Waals surface area contributed by atoms with Crippen LogP contribution >= 0.6 is 0 Å². The molecular formula is C20H20N4O3. The number of hydrogen-bond donors (Lipinski definition) is 1.